The van der Waals surface area contributed by atoms with Gasteiger partial charge in [-0.25, -0.2) is 0 Å². The summed E-state index contributed by atoms with van der Waals surface area (Å²) in [5, 5.41) is 23.4. The summed E-state index contributed by atoms with van der Waals surface area (Å²) in [6, 6.07) is 0. The molecule has 0 rings (SSSR count). The summed E-state index contributed by atoms with van der Waals surface area (Å²) in [4.78, 5) is 0. The third kappa shape index (κ3) is 2.75. The van der Waals surface area contributed by atoms with E-state index in [0.29, 0.717) is 0 Å². The van der Waals surface area contributed by atoms with Crippen molar-refractivity contribution in [2.75, 3.05) is 7.05 Å². The Hall–Kier alpha value is -0.160. The van der Waals surface area contributed by atoms with Gasteiger partial charge in [-0.05, 0) is 7.05 Å². The number of nitrogens with one attached hydrogen (secondary N) is 2. The number of hydroxylamine groups is 2. The van der Waals surface area contributed by atoms with Crippen molar-refractivity contribution in [2.45, 2.75) is 39.1 Å². The van der Waals surface area contributed by atoms with E-state index in [-0.39, 0.29) is 5.06 Å². The minimum Gasteiger partial charge on any atom is -0.631 e. The van der Waals surface area contributed by atoms with Crippen LogP contribution in [0.15, 0.2) is 0 Å². The summed E-state index contributed by atoms with van der Waals surface area (Å²) >= 11 is 0. The minimum absolute atomic E-state index is 0.201. The molecule has 4 heteroatoms. The van der Waals surface area contributed by atoms with Gasteiger partial charge >= 0.3 is 0 Å². The van der Waals surface area contributed by atoms with Crippen molar-refractivity contribution in [3.8, 4) is 0 Å². The van der Waals surface area contributed by atoms with Crippen LogP contribution in [0.1, 0.15) is 27.7 Å². The van der Waals surface area contributed by atoms with Crippen molar-refractivity contribution in [1.82, 2.24) is 5.32 Å². The Morgan fingerprint density at radius 3 is 1.73 bits per heavy atom. The van der Waals surface area contributed by atoms with Gasteiger partial charge in [0.25, 0.3) is 0 Å². The quantitative estimate of drug-likeness (QED) is 0.370. The Morgan fingerprint density at radius 2 is 1.64 bits per heavy atom. The third-order valence-corrected chi connectivity index (χ3v) is 1.75. The SMILES string of the molecule is CNC(C)(C)[NH+]([O-])C(C)(C)O. The first kappa shape index (κ1) is 10.8. The molecule has 0 fully saturated rings. The molecule has 0 radical (unpaired) electrons. The fourth-order valence-corrected chi connectivity index (χ4v) is 0.878. The average Bonchev–Trinajstić information content (AvgIpc) is 1.84. The Morgan fingerprint density at radius 1 is 1.27 bits per heavy atom. The molecule has 0 aliphatic carbocycles. The van der Waals surface area contributed by atoms with E-state index in [1.165, 1.54) is 13.8 Å². The van der Waals surface area contributed by atoms with Crippen LogP contribution >= 0.6 is 0 Å². The van der Waals surface area contributed by atoms with Gasteiger partial charge in [0.15, 0.2) is 5.72 Å². The molecule has 0 spiro atoms. The van der Waals surface area contributed by atoms with Crippen LogP contribution in [0.4, 0.5) is 0 Å². The predicted molar refractivity (Wildman–Crippen MR) is 43.8 cm³/mol. The summed E-state index contributed by atoms with van der Waals surface area (Å²) in [5.41, 5.74) is -1.91. The highest BCUT2D eigenvalue weighted by atomic mass is 16.5. The van der Waals surface area contributed by atoms with Crippen LogP contribution in [0.3, 0.4) is 0 Å². The molecular formula is C7H18N2O2. The van der Waals surface area contributed by atoms with Gasteiger partial charge in [-0.3, -0.25) is 5.32 Å². The summed E-state index contributed by atoms with van der Waals surface area (Å²) in [5.74, 6) is 0. The lowest BCUT2D eigenvalue weighted by molar-refractivity contribution is -0.976. The Bertz CT molecular complexity index is 129. The highest BCUT2D eigenvalue weighted by Crippen LogP contribution is 1.95. The van der Waals surface area contributed by atoms with Gasteiger partial charge in [-0.15, -0.1) is 0 Å². The highest BCUT2D eigenvalue weighted by Gasteiger charge is 2.33. The second-order valence-corrected chi connectivity index (χ2v) is 3.76. The van der Waals surface area contributed by atoms with E-state index in [9.17, 15) is 10.3 Å². The van der Waals surface area contributed by atoms with Crippen LogP contribution in [0.25, 0.3) is 0 Å². The number of hydrogen-bond donors (Lipinski definition) is 3. The maximum atomic E-state index is 11.4. The molecule has 0 heterocycles. The lowest BCUT2D eigenvalue weighted by Gasteiger charge is -2.44. The van der Waals surface area contributed by atoms with Crippen LogP contribution < -0.4 is 10.4 Å². The van der Waals surface area contributed by atoms with E-state index in [0.717, 1.165) is 0 Å². The zero-order valence-electron chi connectivity index (χ0n) is 7.86. The lowest BCUT2D eigenvalue weighted by Crippen LogP contribution is -3.23. The lowest BCUT2D eigenvalue weighted by atomic mass is 10.2. The second kappa shape index (κ2) is 3.06. The molecule has 1 unspecified atom stereocenters. The summed E-state index contributed by atoms with van der Waals surface area (Å²) in [6.45, 7) is 6.48. The molecule has 3 N–H and O–H groups in total. The van der Waals surface area contributed by atoms with Crippen LogP contribution in [-0.4, -0.2) is 23.5 Å². The molecule has 4 nitrogen and oxygen atoms in total. The molecule has 0 saturated carbocycles. The fraction of sp³-hybridized carbons (Fsp3) is 1.00. The zero-order valence-corrected chi connectivity index (χ0v) is 7.86. The third-order valence-electron chi connectivity index (χ3n) is 1.75. The Labute approximate surface area is 67.8 Å². The molecule has 0 aliphatic rings. The minimum atomic E-state index is -1.26. The predicted octanol–water partition coefficient (Wildman–Crippen LogP) is -0.947. The smallest absolute Gasteiger partial charge is 0.194 e. The standard InChI is InChI=1S/C7H18N2O2/c1-6(2,8-5)9(11)7(3,4)10/h8-10H,1-5H3. The molecule has 0 saturated heterocycles. The molecule has 1 atom stereocenters. The zero-order chi connectivity index (χ0) is 9.28. The number of aliphatic hydroxyl groups is 1. The van der Waals surface area contributed by atoms with E-state index in [1.54, 1.807) is 20.9 Å². The summed E-state index contributed by atoms with van der Waals surface area (Å²) < 4.78 is 0. The maximum absolute atomic E-state index is 11.4. The van der Waals surface area contributed by atoms with Gasteiger partial charge in [0.2, 0.25) is 0 Å². The molecule has 0 bridgehead atoms. The first-order valence-electron chi connectivity index (χ1n) is 3.68. The van der Waals surface area contributed by atoms with Gasteiger partial charge in [-0.2, -0.15) is 0 Å². The first-order valence-corrected chi connectivity index (χ1v) is 3.68. The second-order valence-electron chi connectivity index (χ2n) is 3.76. The van der Waals surface area contributed by atoms with Crippen LogP contribution in [0.5, 0.6) is 0 Å². The van der Waals surface area contributed by atoms with Crippen LogP contribution in [0.2, 0.25) is 0 Å². The largest absolute Gasteiger partial charge is 0.631 e. The van der Waals surface area contributed by atoms with Crippen LogP contribution in [-0.2, 0) is 0 Å². The molecular weight excluding hydrogens is 144 g/mol. The fourth-order valence-electron chi connectivity index (χ4n) is 0.878. The maximum Gasteiger partial charge on any atom is 0.194 e. The van der Waals surface area contributed by atoms with Gasteiger partial charge in [0, 0.05) is 27.7 Å². The Balaban J connectivity index is 4.35. The van der Waals surface area contributed by atoms with E-state index in [2.05, 4.69) is 5.32 Å². The molecule has 0 amide bonds. The van der Waals surface area contributed by atoms with E-state index in [4.69, 9.17) is 0 Å². The highest BCUT2D eigenvalue weighted by molar-refractivity contribution is 4.63. The Kier molecular flexibility index (Phi) is 3.02. The summed E-state index contributed by atoms with van der Waals surface area (Å²) in [6.07, 6.45) is 0. The van der Waals surface area contributed by atoms with E-state index >= 15 is 0 Å². The van der Waals surface area contributed by atoms with Crippen molar-refractivity contribution in [1.29, 1.82) is 0 Å². The van der Waals surface area contributed by atoms with Crippen LogP contribution in [0, 0.1) is 5.21 Å². The normalized spacial score (nSPS) is 16.6. The van der Waals surface area contributed by atoms with Crippen molar-refractivity contribution in [3.05, 3.63) is 5.21 Å². The van der Waals surface area contributed by atoms with Crippen molar-refractivity contribution in [2.24, 2.45) is 0 Å². The number of quaternary nitrogens is 1. The van der Waals surface area contributed by atoms with Gasteiger partial charge < -0.3 is 15.4 Å². The molecule has 68 valence electrons. The van der Waals surface area contributed by atoms with Gasteiger partial charge in [0.1, 0.15) is 5.66 Å². The first-order chi connectivity index (χ1) is 4.72. The van der Waals surface area contributed by atoms with Crippen molar-refractivity contribution < 1.29 is 10.2 Å². The topological polar surface area (TPSA) is 59.8 Å². The van der Waals surface area contributed by atoms with Gasteiger partial charge in [-0.1, -0.05) is 0 Å². The monoisotopic (exact) mass is 162 g/mol. The molecule has 0 aromatic rings. The van der Waals surface area contributed by atoms with E-state index < -0.39 is 11.4 Å². The number of rotatable bonds is 3. The van der Waals surface area contributed by atoms with Crippen molar-refractivity contribution >= 4 is 0 Å². The van der Waals surface area contributed by atoms with Gasteiger partial charge in [0.05, 0.1) is 0 Å². The van der Waals surface area contributed by atoms with E-state index in [1.807, 2.05) is 0 Å². The number of hydrogen-bond acceptors (Lipinski definition) is 3. The molecule has 11 heavy (non-hydrogen) atoms. The average molecular weight is 162 g/mol. The molecule has 0 aromatic heterocycles. The molecule has 0 aliphatic heterocycles. The summed E-state index contributed by atoms with van der Waals surface area (Å²) in [7, 11) is 1.70. The van der Waals surface area contributed by atoms with Crippen molar-refractivity contribution in [3.63, 3.8) is 0 Å². The molecule has 0 aromatic carbocycles.